The maximum atomic E-state index is 12.2. The van der Waals surface area contributed by atoms with E-state index in [0.29, 0.717) is 23.7 Å². The average molecular weight is 365 g/mol. The summed E-state index contributed by atoms with van der Waals surface area (Å²) in [5.74, 6) is 0.824. The van der Waals surface area contributed by atoms with E-state index in [4.69, 9.17) is 4.74 Å². The number of hydrogen-bond acceptors (Lipinski definition) is 6. The van der Waals surface area contributed by atoms with E-state index in [1.807, 2.05) is 18.2 Å². The summed E-state index contributed by atoms with van der Waals surface area (Å²) in [6.07, 6.45) is 2.01. The van der Waals surface area contributed by atoms with Gasteiger partial charge in [-0.05, 0) is 24.3 Å². The van der Waals surface area contributed by atoms with Gasteiger partial charge in [0.25, 0.3) is 5.56 Å². The zero-order valence-electron chi connectivity index (χ0n) is 14.8. The lowest BCUT2D eigenvalue weighted by Crippen LogP contribution is -2.25. The number of H-pyrrole nitrogens is 1. The quantitative estimate of drug-likeness (QED) is 0.656. The summed E-state index contributed by atoms with van der Waals surface area (Å²) in [7, 11) is 1.57. The Morgan fingerprint density at radius 3 is 2.81 bits per heavy atom. The van der Waals surface area contributed by atoms with Crippen LogP contribution in [0.5, 0.6) is 5.75 Å². The van der Waals surface area contributed by atoms with E-state index in [2.05, 4.69) is 25.5 Å². The molecule has 0 fully saturated rings. The third-order valence-electron chi connectivity index (χ3n) is 3.89. The number of hydrogen-bond donors (Lipinski definition) is 2. The van der Waals surface area contributed by atoms with Crippen LogP contribution in [-0.2, 0) is 17.8 Å². The number of rotatable bonds is 7. The Morgan fingerprint density at radius 2 is 2.07 bits per heavy atom. The smallest absolute Gasteiger partial charge is 0.273 e. The molecule has 2 N–H and O–H groups in total. The van der Waals surface area contributed by atoms with Gasteiger partial charge < -0.3 is 15.0 Å². The van der Waals surface area contributed by atoms with E-state index < -0.39 is 0 Å². The molecule has 2 heterocycles. The lowest BCUT2D eigenvalue weighted by Gasteiger charge is -2.05. The molecule has 3 aromatic rings. The van der Waals surface area contributed by atoms with Crippen LogP contribution in [0.2, 0.25) is 0 Å². The van der Waals surface area contributed by atoms with Crippen molar-refractivity contribution in [3.63, 3.8) is 0 Å². The predicted octanol–water partition coefficient (Wildman–Crippen LogP) is 1.48. The van der Waals surface area contributed by atoms with Crippen LogP contribution >= 0.6 is 0 Å². The van der Waals surface area contributed by atoms with Crippen molar-refractivity contribution in [2.75, 3.05) is 7.11 Å². The first-order valence-electron chi connectivity index (χ1n) is 8.42. The average Bonchev–Trinajstić information content (AvgIpc) is 2.72. The largest absolute Gasteiger partial charge is 0.497 e. The summed E-state index contributed by atoms with van der Waals surface area (Å²) in [5, 5.41) is 10.8. The number of carbonyl (C=O) groups is 1. The van der Waals surface area contributed by atoms with Crippen LogP contribution in [0.1, 0.15) is 17.8 Å². The second-order valence-electron chi connectivity index (χ2n) is 5.78. The maximum absolute atomic E-state index is 12.2. The van der Waals surface area contributed by atoms with Crippen LogP contribution in [-0.4, -0.2) is 33.2 Å². The zero-order chi connectivity index (χ0) is 19.1. The number of nitrogens with one attached hydrogen (secondary N) is 2. The van der Waals surface area contributed by atoms with Crippen LogP contribution in [0, 0.1) is 0 Å². The number of benzene rings is 1. The molecule has 0 aliphatic rings. The van der Waals surface area contributed by atoms with Crippen molar-refractivity contribution in [1.29, 1.82) is 0 Å². The Balaban J connectivity index is 1.59. The Hall–Kier alpha value is -3.55. The molecular weight excluding hydrogens is 346 g/mol. The van der Waals surface area contributed by atoms with Gasteiger partial charge in [-0.1, -0.05) is 18.2 Å². The molecule has 0 radical (unpaired) electrons. The number of nitrogens with zero attached hydrogens (tertiary/aromatic N) is 3. The topological polar surface area (TPSA) is 110 Å². The van der Waals surface area contributed by atoms with Gasteiger partial charge in [0, 0.05) is 24.6 Å². The van der Waals surface area contributed by atoms with Gasteiger partial charge in [-0.3, -0.25) is 14.6 Å². The zero-order valence-corrected chi connectivity index (χ0v) is 14.8. The second kappa shape index (κ2) is 8.70. The van der Waals surface area contributed by atoms with Gasteiger partial charge in [-0.25, -0.2) is 0 Å². The molecule has 0 aliphatic heterocycles. The number of methoxy groups -OCH3 is 1. The number of aromatic nitrogens is 4. The minimum absolute atomic E-state index is 0.142. The van der Waals surface area contributed by atoms with Crippen LogP contribution in [0.3, 0.4) is 0 Å². The molecule has 1 amide bonds. The first kappa shape index (κ1) is 18.2. The highest BCUT2D eigenvalue weighted by atomic mass is 16.5. The highest BCUT2D eigenvalue weighted by Gasteiger charge is 2.10. The molecule has 138 valence electrons. The molecule has 0 atom stereocenters. The predicted molar refractivity (Wildman–Crippen MR) is 99.0 cm³/mol. The minimum Gasteiger partial charge on any atom is -0.497 e. The number of carbonyl (C=O) groups excluding carboxylic acids is 1. The fraction of sp³-hybridized carbons (Fsp3) is 0.211. The summed E-state index contributed by atoms with van der Waals surface area (Å²) < 4.78 is 5.16. The van der Waals surface area contributed by atoms with Crippen LogP contribution < -0.4 is 15.6 Å². The molecule has 27 heavy (non-hydrogen) atoms. The lowest BCUT2D eigenvalue weighted by molar-refractivity contribution is -0.121. The number of aryl methyl sites for hydroxylation is 1. The number of ether oxygens (including phenoxy) is 1. The number of amides is 1. The van der Waals surface area contributed by atoms with Crippen LogP contribution in [0.4, 0.5) is 0 Å². The molecule has 0 aliphatic carbocycles. The number of aromatic amines is 1. The summed E-state index contributed by atoms with van der Waals surface area (Å²) >= 11 is 0. The van der Waals surface area contributed by atoms with Crippen molar-refractivity contribution >= 4 is 5.91 Å². The Labute approximate surface area is 155 Å². The van der Waals surface area contributed by atoms with E-state index >= 15 is 0 Å². The third-order valence-corrected chi connectivity index (χ3v) is 3.89. The van der Waals surface area contributed by atoms with Gasteiger partial charge >= 0.3 is 0 Å². The van der Waals surface area contributed by atoms with E-state index in [1.165, 1.54) is 0 Å². The monoisotopic (exact) mass is 365 g/mol. The van der Waals surface area contributed by atoms with Crippen molar-refractivity contribution in [3.8, 4) is 17.1 Å². The first-order chi connectivity index (χ1) is 13.2. The first-order valence-corrected chi connectivity index (χ1v) is 8.42. The Bertz CT molecular complexity index is 972. The number of pyridine rings is 1. The molecule has 0 saturated carbocycles. The summed E-state index contributed by atoms with van der Waals surface area (Å²) in [5.41, 5.74) is 1.32. The third kappa shape index (κ3) is 4.97. The fourth-order valence-corrected chi connectivity index (χ4v) is 2.44. The van der Waals surface area contributed by atoms with E-state index in [0.717, 1.165) is 5.69 Å². The van der Waals surface area contributed by atoms with Crippen molar-refractivity contribution < 1.29 is 9.53 Å². The molecule has 3 rings (SSSR count). The van der Waals surface area contributed by atoms with Gasteiger partial charge in [0.05, 0.1) is 19.3 Å². The van der Waals surface area contributed by atoms with E-state index in [9.17, 15) is 9.59 Å². The van der Waals surface area contributed by atoms with Crippen molar-refractivity contribution in [2.45, 2.75) is 19.4 Å². The molecule has 8 nitrogen and oxygen atoms in total. The standard InChI is InChI=1S/C19H19N5O3/c1-27-15-7-4-5-13(11-15)18-22-19(26)16(23-24-18)8-9-17(25)21-12-14-6-2-3-10-20-14/h2-7,10-11H,8-9,12H2,1H3,(H,21,25)(H,22,24,26). The maximum Gasteiger partial charge on any atom is 0.273 e. The van der Waals surface area contributed by atoms with Crippen molar-refractivity contribution in [1.82, 2.24) is 25.5 Å². The van der Waals surface area contributed by atoms with E-state index in [1.54, 1.807) is 37.6 Å². The van der Waals surface area contributed by atoms with Gasteiger partial charge in [0.15, 0.2) is 5.82 Å². The molecule has 0 spiro atoms. The molecule has 0 saturated heterocycles. The van der Waals surface area contributed by atoms with Gasteiger partial charge in [0.2, 0.25) is 5.91 Å². The minimum atomic E-state index is -0.361. The Morgan fingerprint density at radius 1 is 1.19 bits per heavy atom. The van der Waals surface area contributed by atoms with Crippen LogP contribution in [0.15, 0.2) is 53.5 Å². The summed E-state index contributed by atoms with van der Waals surface area (Å²) in [4.78, 5) is 31.0. The summed E-state index contributed by atoms with van der Waals surface area (Å²) in [6, 6.07) is 12.6. The molecule has 2 aromatic heterocycles. The highest BCUT2D eigenvalue weighted by Crippen LogP contribution is 2.19. The van der Waals surface area contributed by atoms with Crippen molar-refractivity contribution in [2.24, 2.45) is 0 Å². The van der Waals surface area contributed by atoms with Gasteiger partial charge in [0.1, 0.15) is 11.4 Å². The molecule has 0 unspecified atom stereocenters. The molecule has 8 heteroatoms. The van der Waals surface area contributed by atoms with Crippen LogP contribution in [0.25, 0.3) is 11.4 Å². The summed E-state index contributed by atoms with van der Waals surface area (Å²) in [6.45, 7) is 0.344. The fourth-order valence-electron chi connectivity index (χ4n) is 2.44. The molecule has 0 bridgehead atoms. The highest BCUT2D eigenvalue weighted by molar-refractivity contribution is 5.76. The lowest BCUT2D eigenvalue weighted by atomic mass is 10.2. The molecule has 1 aromatic carbocycles. The molecular formula is C19H19N5O3. The van der Waals surface area contributed by atoms with Gasteiger partial charge in [-0.15, -0.1) is 10.2 Å². The van der Waals surface area contributed by atoms with E-state index in [-0.39, 0.29) is 30.0 Å². The second-order valence-corrected chi connectivity index (χ2v) is 5.78. The normalized spacial score (nSPS) is 10.4. The van der Waals surface area contributed by atoms with Gasteiger partial charge in [-0.2, -0.15) is 0 Å². The SMILES string of the molecule is COc1cccc(-c2nnc(CCC(=O)NCc3ccccn3)c(=O)[nH]2)c1. The van der Waals surface area contributed by atoms with Crippen molar-refractivity contribution in [3.05, 3.63) is 70.4 Å². The Kier molecular flexibility index (Phi) is 5.88.